The van der Waals surface area contributed by atoms with Crippen LogP contribution in [0, 0.1) is 17.8 Å². The van der Waals surface area contributed by atoms with Gasteiger partial charge in [-0.15, -0.1) is 0 Å². The minimum absolute atomic E-state index is 0.00286. The topological polar surface area (TPSA) is 193 Å². The molecule has 0 aromatic heterocycles. The Morgan fingerprint density at radius 1 is 0.960 bits per heavy atom. The number of hydrogen-bond acceptors (Lipinski definition) is 10. The van der Waals surface area contributed by atoms with E-state index in [4.69, 9.17) is 9.57 Å². The van der Waals surface area contributed by atoms with E-state index in [1.54, 1.807) is 13.8 Å². The molecule has 2 fully saturated rings. The molecule has 1 unspecified atom stereocenters. The fraction of sp³-hybridized carbons (Fsp3) is 0.657. The molecule has 1 aromatic rings. The van der Waals surface area contributed by atoms with Crippen molar-refractivity contribution in [2.75, 3.05) is 6.54 Å². The lowest BCUT2D eigenvalue weighted by Crippen LogP contribution is -2.59. The molecule has 50 heavy (non-hydrogen) atoms. The Morgan fingerprint density at radius 3 is 2.24 bits per heavy atom. The number of esters is 1. The van der Waals surface area contributed by atoms with Crippen LogP contribution < -0.4 is 32.1 Å². The van der Waals surface area contributed by atoms with Crippen molar-refractivity contribution >= 4 is 48.1 Å². The minimum atomic E-state index is -1.01. The van der Waals surface area contributed by atoms with Gasteiger partial charge < -0.3 is 31.3 Å². The number of carbonyl (C=O) groups is 6. The molecule has 2 saturated heterocycles. The molecule has 8 atom stereocenters. The zero-order valence-electron chi connectivity index (χ0n) is 29.8. The molecular weight excluding hydrogens is 664 g/mol. The molecule has 3 rings (SSSR count). The van der Waals surface area contributed by atoms with Gasteiger partial charge in [-0.1, -0.05) is 58.0 Å². The van der Waals surface area contributed by atoms with E-state index in [9.17, 15) is 28.8 Å². The second kappa shape index (κ2) is 19.6. The summed E-state index contributed by atoms with van der Waals surface area (Å²) in [6.07, 6.45) is 1.31. The Labute approximate surface area is 300 Å². The van der Waals surface area contributed by atoms with Crippen LogP contribution in [0.2, 0.25) is 0 Å². The van der Waals surface area contributed by atoms with Crippen molar-refractivity contribution in [1.29, 1.82) is 0 Å². The van der Waals surface area contributed by atoms with Crippen LogP contribution in [0.15, 0.2) is 30.3 Å². The molecule has 1 aromatic carbocycles. The van der Waals surface area contributed by atoms with Gasteiger partial charge in [-0.25, -0.2) is 0 Å². The zero-order chi connectivity index (χ0) is 37.0. The number of ether oxygens (including phenoxy) is 1. The first-order valence-electron chi connectivity index (χ1n) is 17.4. The van der Waals surface area contributed by atoms with Crippen LogP contribution in [-0.2, 0) is 44.9 Å². The summed E-state index contributed by atoms with van der Waals surface area (Å²) in [5, 5.41) is 13.3. The van der Waals surface area contributed by atoms with E-state index in [2.05, 4.69) is 44.7 Å². The molecule has 2 aliphatic rings. The van der Waals surface area contributed by atoms with Gasteiger partial charge in [-0.3, -0.25) is 33.6 Å². The number of thiol groups is 1. The van der Waals surface area contributed by atoms with Crippen molar-refractivity contribution in [1.82, 2.24) is 32.1 Å². The highest BCUT2D eigenvalue weighted by molar-refractivity contribution is 7.81. The van der Waals surface area contributed by atoms with Crippen molar-refractivity contribution in [2.45, 2.75) is 122 Å². The molecular formula is C35H54N6O8S. The zero-order valence-corrected chi connectivity index (χ0v) is 30.7. The maximum absolute atomic E-state index is 13.8. The Bertz CT molecular complexity index is 1330. The normalized spacial score (nSPS) is 21.8. The van der Waals surface area contributed by atoms with Gasteiger partial charge in [0.1, 0.15) is 30.8 Å². The van der Waals surface area contributed by atoms with Crippen molar-refractivity contribution in [3.8, 4) is 0 Å². The van der Waals surface area contributed by atoms with Gasteiger partial charge >= 0.3 is 5.97 Å². The number of benzene rings is 1. The molecule has 14 nitrogen and oxygen atoms in total. The van der Waals surface area contributed by atoms with Gasteiger partial charge in [0.2, 0.25) is 29.5 Å². The summed E-state index contributed by atoms with van der Waals surface area (Å²) in [5.41, 5.74) is 3.48. The van der Waals surface area contributed by atoms with Crippen LogP contribution in [0.3, 0.4) is 0 Å². The van der Waals surface area contributed by atoms with Crippen molar-refractivity contribution in [3.63, 3.8) is 0 Å². The maximum Gasteiger partial charge on any atom is 0.307 e. The van der Waals surface area contributed by atoms with Gasteiger partial charge in [-0.05, 0) is 50.5 Å². The molecule has 0 spiro atoms. The number of carbonyl (C=O) groups excluding carboxylic acids is 6. The van der Waals surface area contributed by atoms with Crippen molar-refractivity contribution < 1.29 is 38.3 Å². The predicted octanol–water partition coefficient (Wildman–Crippen LogP) is 1.29. The van der Waals surface area contributed by atoms with Crippen LogP contribution in [0.1, 0.15) is 79.2 Å². The van der Waals surface area contributed by atoms with Crippen LogP contribution >= 0.6 is 12.6 Å². The Kier molecular flexibility index (Phi) is 16.0. The summed E-state index contributed by atoms with van der Waals surface area (Å²) >= 11 is 4.68. The molecule has 278 valence electrons. The summed E-state index contributed by atoms with van der Waals surface area (Å²) < 4.78 is 5.44. The van der Waals surface area contributed by atoms with Gasteiger partial charge in [0.05, 0.1) is 12.5 Å². The van der Waals surface area contributed by atoms with E-state index in [1.165, 1.54) is 6.92 Å². The first-order valence-corrected chi connectivity index (χ1v) is 17.9. The average molecular weight is 719 g/mol. The van der Waals surface area contributed by atoms with Gasteiger partial charge in [0.15, 0.2) is 0 Å². The number of rotatable bonds is 18. The highest BCUT2D eigenvalue weighted by Gasteiger charge is 2.36. The fourth-order valence-corrected chi connectivity index (χ4v) is 6.17. The largest absolute Gasteiger partial charge is 0.461 e. The van der Waals surface area contributed by atoms with Crippen molar-refractivity contribution in [3.05, 3.63) is 35.9 Å². The van der Waals surface area contributed by atoms with Crippen LogP contribution in [-0.4, -0.2) is 83.6 Å². The Balaban J connectivity index is 1.67. The van der Waals surface area contributed by atoms with Crippen LogP contribution in [0.5, 0.6) is 0 Å². The number of nitrogens with one attached hydrogen (secondary N) is 6. The Hall–Kier alpha value is -3.69. The molecule has 0 bridgehead atoms. The molecule has 0 aliphatic carbocycles. The summed E-state index contributed by atoms with van der Waals surface area (Å²) in [7, 11) is 0. The Morgan fingerprint density at radius 2 is 1.66 bits per heavy atom. The van der Waals surface area contributed by atoms with E-state index in [-0.39, 0.29) is 55.6 Å². The average Bonchev–Trinajstić information content (AvgIpc) is 3.69. The molecule has 5 amide bonds. The SMILES string of the molecule is CC(C)C[C@H](NC(=O)[C@@H](NC(=O)[C@H](C)NC(=O)[C@@H]1CC(C)ON1)C(C)C)C(=O)N[C@@H](C[C@@H]1CCNC1=O)[C@@H](S)CC(=O)OCc1ccccc1. The minimum Gasteiger partial charge on any atom is -0.461 e. The lowest BCUT2D eigenvalue weighted by molar-refractivity contribution is -0.145. The van der Waals surface area contributed by atoms with E-state index in [0.717, 1.165) is 5.56 Å². The standard InChI is InChI=1S/C35H54N6O8S/c1-19(2)14-26(39-35(47)30(20(3)4)40-31(43)22(6)37-34(46)27-15-21(5)49-41-27)33(45)38-25(16-24-12-13-36-32(24)44)28(50)17-29(42)48-18-23-10-8-7-9-11-23/h7-11,19-22,24-28,30,41,50H,12-18H2,1-6H3,(H,36,44)(H,37,46)(H,38,45)(H,39,47)(H,40,43)/t21?,22-,24-,25-,26-,27-,28-,30-/m0/s1. The number of hydrogen-bond donors (Lipinski definition) is 7. The highest BCUT2D eigenvalue weighted by Crippen LogP contribution is 2.22. The second-order valence-corrected chi connectivity index (χ2v) is 14.7. The van der Waals surface area contributed by atoms with E-state index in [0.29, 0.717) is 19.4 Å². The smallest absolute Gasteiger partial charge is 0.307 e. The lowest BCUT2D eigenvalue weighted by atomic mass is 9.94. The predicted molar refractivity (Wildman–Crippen MR) is 189 cm³/mol. The summed E-state index contributed by atoms with van der Waals surface area (Å²) in [4.78, 5) is 83.6. The molecule has 0 saturated carbocycles. The maximum atomic E-state index is 13.8. The van der Waals surface area contributed by atoms with E-state index >= 15 is 0 Å². The molecule has 6 N–H and O–H groups in total. The third kappa shape index (κ3) is 12.9. The van der Waals surface area contributed by atoms with Crippen molar-refractivity contribution in [2.24, 2.45) is 17.8 Å². The number of amides is 5. The molecule has 2 aliphatic heterocycles. The molecule has 15 heteroatoms. The van der Waals surface area contributed by atoms with E-state index in [1.807, 2.05) is 51.1 Å². The fourth-order valence-electron chi connectivity index (χ4n) is 5.83. The third-order valence-corrected chi connectivity index (χ3v) is 9.29. The quantitative estimate of drug-likeness (QED) is 0.0866. The van der Waals surface area contributed by atoms with Crippen LogP contribution in [0.25, 0.3) is 0 Å². The second-order valence-electron chi connectivity index (χ2n) is 14.0. The summed E-state index contributed by atoms with van der Waals surface area (Å²) in [6, 6.07) is 5.02. The highest BCUT2D eigenvalue weighted by atomic mass is 32.1. The van der Waals surface area contributed by atoms with E-state index < -0.39 is 65.1 Å². The molecule has 0 radical (unpaired) electrons. The first-order chi connectivity index (χ1) is 23.6. The number of hydroxylamine groups is 1. The lowest BCUT2D eigenvalue weighted by Gasteiger charge is -2.30. The van der Waals surface area contributed by atoms with Crippen LogP contribution in [0.4, 0.5) is 0 Å². The van der Waals surface area contributed by atoms with Gasteiger partial charge in [0.25, 0.3) is 0 Å². The third-order valence-electron chi connectivity index (χ3n) is 8.75. The molecule has 2 heterocycles. The first kappa shape index (κ1) is 40.7. The van der Waals surface area contributed by atoms with Gasteiger partial charge in [-0.2, -0.15) is 18.1 Å². The monoisotopic (exact) mass is 718 g/mol. The summed E-state index contributed by atoms with van der Waals surface area (Å²) in [6.45, 7) is 11.3. The summed E-state index contributed by atoms with van der Waals surface area (Å²) in [5.74, 6) is -3.38. The van der Waals surface area contributed by atoms with Gasteiger partial charge in [0, 0.05) is 30.2 Å².